The van der Waals surface area contributed by atoms with Crippen LogP contribution in [-0.4, -0.2) is 31.1 Å². The predicted octanol–water partition coefficient (Wildman–Crippen LogP) is 2.83. The van der Waals surface area contributed by atoms with E-state index in [2.05, 4.69) is 30.0 Å². The first-order valence-corrected chi connectivity index (χ1v) is 9.45. The number of para-hydroxylation sites is 1. The van der Waals surface area contributed by atoms with Crippen LogP contribution in [0, 0.1) is 45.3 Å². The third kappa shape index (κ3) is 2.82. The molecule has 0 amide bonds. The van der Waals surface area contributed by atoms with E-state index in [4.69, 9.17) is 10.5 Å². The van der Waals surface area contributed by atoms with Gasteiger partial charge in [0.25, 0.3) is 0 Å². The lowest BCUT2D eigenvalue weighted by molar-refractivity contribution is 0.211. The number of nitrogens with two attached hydrogens (primary N) is 1. The molecule has 2 unspecified atom stereocenters. The number of fused-ring (bicyclic) bond motifs is 1. The summed E-state index contributed by atoms with van der Waals surface area (Å²) in [5, 5.41) is 30.0. The minimum Gasteiger partial charge on any atom is -0.494 e. The second-order valence-electron chi connectivity index (χ2n) is 7.00. The predicted molar refractivity (Wildman–Crippen MR) is 105 cm³/mol. The van der Waals surface area contributed by atoms with Crippen molar-refractivity contribution >= 4 is 0 Å². The molecule has 142 valence electrons. The van der Waals surface area contributed by atoms with Crippen LogP contribution in [0.3, 0.4) is 0 Å². The number of allylic oxidation sites excluding steroid dienone is 2. The van der Waals surface area contributed by atoms with Crippen molar-refractivity contribution in [1.82, 2.24) is 4.90 Å². The van der Waals surface area contributed by atoms with E-state index in [1.54, 1.807) is 0 Å². The maximum atomic E-state index is 10.1. The fraction of sp³-hybridized carbons (Fsp3) is 0.409. The number of hydrogen-bond acceptors (Lipinski definition) is 6. The molecule has 2 N–H and O–H groups in total. The van der Waals surface area contributed by atoms with Crippen molar-refractivity contribution in [2.45, 2.75) is 19.8 Å². The summed E-state index contributed by atoms with van der Waals surface area (Å²) < 4.78 is 5.82. The highest BCUT2D eigenvalue weighted by Crippen LogP contribution is 2.55. The Morgan fingerprint density at radius 2 is 1.93 bits per heavy atom. The SMILES string of the molecule is CCOc1ccccc1C1C2CN(CC)CC=C2C(C#N)=C(N)C1(C#N)C#N. The van der Waals surface area contributed by atoms with E-state index in [0.29, 0.717) is 25.4 Å². The number of benzene rings is 1. The number of nitrogens with zero attached hydrogens (tertiary/aromatic N) is 4. The van der Waals surface area contributed by atoms with Gasteiger partial charge in [-0.15, -0.1) is 0 Å². The van der Waals surface area contributed by atoms with Gasteiger partial charge in [0, 0.05) is 30.5 Å². The van der Waals surface area contributed by atoms with Crippen LogP contribution in [0.5, 0.6) is 5.75 Å². The third-order valence-corrected chi connectivity index (χ3v) is 5.74. The Bertz CT molecular complexity index is 942. The van der Waals surface area contributed by atoms with Crippen LogP contribution in [0.15, 0.2) is 47.2 Å². The molecule has 0 radical (unpaired) electrons. The molecule has 0 bridgehead atoms. The van der Waals surface area contributed by atoms with Crippen LogP contribution in [0.1, 0.15) is 25.3 Å². The Morgan fingerprint density at radius 1 is 1.21 bits per heavy atom. The van der Waals surface area contributed by atoms with E-state index >= 15 is 0 Å². The van der Waals surface area contributed by atoms with Crippen LogP contribution >= 0.6 is 0 Å². The average Bonchev–Trinajstić information content (AvgIpc) is 2.73. The van der Waals surface area contributed by atoms with Crippen molar-refractivity contribution in [2.24, 2.45) is 17.1 Å². The molecule has 1 aliphatic carbocycles. The molecule has 3 rings (SSSR count). The van der Waals surface area contributed by atoms with Crippen LogP contribution in [-0.2, 0) is 0 Å². The quantitative estimate of drug-likeness (QED) is 0.869. The van der Waals surface area contributed by atoms with Gasteiger partial charge in [0.1, 0.15) is 11.8 Å². The van der Waals surface area contributed by atoms with Crippen molar-refractivity contribution in [2.75, 3.05) is 26.2 Å². The topological polar surface area (TPSA) is 110 Å². The molecule has 6 heteroatoms. The van der Waals surface area contributed by atoms with E-state index < -0.39 is 11.3 Å². The number of ether oxygens (including phenoxy) is 1. The lowest BCUT2D eigenvalue weighted by Crippen LogP contribution is -2.48. The Morgan fingerprint density at radius 3 is 2.54 bits per heavy atom. The number of nitriles is 3. The molecule has 6 nitrogen and oxygen atoms in total. The summed E-state index contributed by atoms with van der Waals surface area (Å²) in [6.07, 6.45) is 2.01. The molecule has 0 saturated heterocycles. The minimum absolute atomic E-state index is 0.0451. The fourth-order valence-electron chi connectivity index (χ4n) is 4.37. The number of rotatable bonds is 4. The first kappa shape index (κ1) is 19.5. The normalized spacial score (nSPS) is 23.6. The van der Waals surface area contributed by atoms with Crippen LogP contribution < -0.4 is 10.5 Å². The Balaban J connectivity index is 2.33. The molecule has 0 spiro atoms. The van der Waals surface area contributed by atoms with Crippen molar-refractivity contribution in [3.8, 4) is 24.0 Å². The molecule has 2 aliphatic rings. The van der Waals surface area contributed by atoms with E-state index in [-0.39, 0.29) is 17.2 Å². The maximum Gasteiger partial charge on any atom is 0.191 e. The van der Waals surface area contributed by atoms with Crippen molar-refractivity contribution < 1.29 is 4.74 Å². The minimum atomic E-state index is -1.63. The van der Waals surface area contributed by atoms with Gasteiger partial charge in [-0.1, -0.05) is 31.2 Å². The molecule has 1 aromatic carbocycles. The number of likely N-dealkylation sites (N-methyl/N-ethyl adjacent to an activating group) is 1. The third-order valence-electron chi connectivity index (χ3n) is 5.74. The molecular weight excluding hydrogens is 350 g/mol. The van der Waals surface area contributed by atoms with E-state index in [0.717, 1.165) is 17.7 Å². The molecule has 0 fully saturated rings. The highest BCUT2D eigenvalue weighted by Gasteiger charge is 2.55. The highest BCUT2D eigenvalue weighted by atomic mass is 16.5. The molecule has 0 aromatic heterocycles. The Kier molecular flexibility index (Phi) is 5.41. The number of hydrogen-bond donors (Lipinski definition) is 1. The molecule has 1 aromatic rings. The summed E-state index contributed by atoms with van der Waals surface area (Å²) in [6.45, 7) is 6.64. The van der Waals surface area contributed by atoms with Crippen LogP contribution in [0.2, 0.25) is 0 Å². The monoisotopic (exact) mass is 373 g/mol. The molecular formula is C22H23N5O. The summed E-state index contributed by atoms with van der Waals surface area (Å²) in [6, 6.07) is 14.0. The van der Waals surface area contributed by atoms with Gasteiger partial charge in [-0.3, -0.25) is 4.90 Å². The zero-order valence-electron chi connectivity index (χ0n) is 16.1. The second-order valence-corrected chi connectivity index (χ2v) is 7.00. The summed E-state index contributed by atoms with van der Waals surface area (Å²) in [7, 11) is 0. The smallest absolute Gasteiger partial charge is 0.191 e. The zero-order valence-corrected chi connectivity index (χ0v) is 16.1. The lowest BCUT2D eigenvalue weighted by Gasteiger charge is -2.45. The highest BCUT2D eigenvalue weighted by molar-refractivity contribution is 5.60. The van der Waals surface area contributed by atoms with Crippen molar-refractivity contribution in [3.05, 3.63) is 52.7 Å². The van der Waals surface area contributed by atoms with E-state index in [9.17, 15) is 15.8 Å². The summed E-state index contributed by atoms with van der Waals surface area (Å²) in [4.78, 5) is 2.24. The summed E-state index contributed by atoms with van der Waals surface area (Å²) >= 11 is 0. The summed E-state index contributed by atoms with van der Waals surface area (Å²) in [5.74, 6) is -0.0782. The van der Waals surface area contributed by atoms with Gasteiger partial charge in [0.15, 0.2) is 5.41 Å². The van der Waals surface area contributed by atoms with Gasteiger partial charge in [-0.2, -0.15) is 15.8 Å². The van der Waals surface area contributed by atoms with Gasteiger partial charge < -0.3 is 10.5 Å². The zero-order chi connectivity index (χ0) is 20.3. The molecule has 2 atom stereocenters. The van der Waals surface area contributed by atoms with Crippen LogP contribution in [0.25, 0.3) is 0 Å². The Hall–Kier alpha value is -3.27. The van der Waals surface area contributed by atoms with Gasteiger partial charge >= 0.3 is 0 Å². The van der Waals surface area contributed by atoms with E-state index in [1.165, 1.54) is 0 Å². The molecule has 1 aliphatic heterocycles. The van der Waals surface area contributed by atoms with E-state index in [1.807, 2.05) is 37.3 Å². The molecule has 28 heavy (non-hydrogen) atoms. The standard InChI is InChI=1S/C22H23N5O/c1-3-27-10-9-15-17(11-23)21(26)22(13-24,14-25)20(18(15)12-27)16-7-5-6-8-19(16)28-4-2/h5-9,18,20H,3-4,10,12,26H2,1-2H3. The first-order chi connectivity index (χ1) is 13.6. The second kappa shape index (κ2) is 7.77. The first-order valence-electron chi connectivity index (χ1n) is 9.45. The van der Waals surface area contributed by atoms with Gasteiger partial charge in [0.2, 0.25) is 0 Å². The fourth-order valence-corrected chi connectivity index (χ4v) is 4.37. The van der Waals surface area contributed by atoms with Gasteiger partial charge in [-0.25, -0.2) is 0 Å². The Labute approximate surface area is 165 Å². The lowest BCUT2D eigenvalue weighted by atomic mass is 9.58. The summed E-state index contributed by atoms with van der Waals surface area (Å²) in [5.41, 5.74) is 6.64. The van der Waals surface area contributed by atoms with Gasteiger partial charge in [-0.05, 0) is 25.1 Å². The van der Waals surface area contributed by atoms with Gasteiger partial charge in [0.05, 0.1) is 30.0 Å². The maximum absolute atomic E-state index is 10.1. The van der Waals surface area contributed by atoms with Crippen molar-refractivity contribution in [3.63, 3.8) is 0 Å². The van der Waals surface area contributed by atoms with Crippen LogP contribution in [0.4, 0.5) is 0 Å². The molecule has 1 heterocycles. The molecule has 0 saturated carbocycles. The largest absolute Gasteiger partial charge is 0.494 e. The average molecular weight is 373 g/mol. The van der Waals surface area contributed by atoms with Crippen molar-refractivity contribution in [1.29, 1.82) is 15.8 Å².